The van der Waals surface area contributed by atoms with E-state index in [-0.39, 0.29) is 0 Å². The second kappa shape index (κ2) is 4.77. The summed E-state index contributed by atoms with van der Waals surface area (Å²) in [7, 11) is 0. The summed E-state index contributed by atoms with van der Waals surface area (Å²) in [5, 5.41) is 0. The zero-order valence-corrected chi connectivity index (χ0v) is 10.9. The molecule has 2 heteroatoms. The van der Waals surface area contributed by atoms with Crippen molar-refractivity contribution in [2.24, 2.45) is 0 Å². The quantitative estimate of drug-likeness (QED) is 0.638. The molecule has 0 aromatic heterocycles. The van der Waals surface area contributed by atoms with Crippen LogP contribution in [0.25, 0.3) is 0 Å². The van der Waals surface area contributed by atoms with E-state index in [1.807, 2.05) is 12.1 Å². The monoisotopic (exact) mass is 242 g/mol. The van der Waals surface area contributed by atoms with Crippen molar-refractivity contribution < 1.29 is 0 Å². The first-order valence-corrected chi connectivity index (χ1v) is 7.03. The van der Waals surface area contributed by atoms with E-state index in [2.05, 4.69) is 23.6 Å². The molecule has 1 saturated heterocycles. The van der Waals surface area contributed by atoms with E-state index in [4.69, 9.17) is 5.73 Å². The van der Waals surface area contributed by atoms with Gasteiger partial charge >= 0.3 is 0 Å². The summed E-state index contributed by atoms with van der Waals surface area (Å²) in [5.41, 5.74) is 9.91. The SMILES string of the molecule is C=CCN1CCC[C@H]2c3cc(N)ccc3CC[C@@H]21. The summed E-state index contributed by atoms with van der Waals surface area (Å²) >= 11 is 0. The Labute approximate surface area is 109 Å². The van der Waals surface area contributed by atoms with Crippen LogP contribution in [0.15, 0.2) is 30.9 Å². The van der Waals surface area contributed by atoms with E-state index in [1.54, 1.807) is 0 Å². The maximum atomic E-state index is 5.97. The second-order valence-electron chi connectivity index (χ2n) is 5.60. The number of nitrogen functional groups attached to an aromatic ring is 1. The minimum Gasteiger partial charge on any atom is -0.399 e. The average molecular weight is 242 g/mol. The molecule has 0 radical (unpaired) electrons. The van der Waals surface area contributed by atoms with Gasteiger partial charge in [-0.05, 0) is 61.4 Å². The number of piperidine rings is 1. The molecule has 0 unspecified atom stereocenters. The lowest BCUT2D eigenvalue weighted by Crippen LogP contribution is -2.46. The van der Waals surface area contributed by atoms with Crippen LogP contribution in [-0.2, 0) is 6.42 Å². The summed E-state index contributed by atoms with van der Waals surface area (Å²) in [5.74, 6) is 0.686. The average Bonchev–Trinajstić information content (AvgIpc) is 2.39. The van der Waals surface area contributed by atoms with Gasteiger partial charge in [0.1, 0.15) is 0 Å². The van der Waals surface area contributed by atoms with Crippen molar-refractivity contribution in [1.82, 2.24) is 4.90 Å². The summed E-state index contributed by atoms with van der Waals surface area (Å²) in [6.45, 7) is 6.14. The largest absolute Gasteiger partial charge is 0.399 e. The minimum atomic E-state index is 0.686. The van der Waals surface area contributed by atoms with Gasteiger partial charge in [0.2, 0.25) is 0 Å². The molecular formula is C16H22N2. The molecule has 1 aromatic carbocycles. The zero-order chi connectivity index (χ0) is 12.5. The van der Waals surface area contributed by atoms with Crippen LogP contribution in [0.3, 0.4) is 0 Å². The lowest BCUT2D eigenvalue weighted by atomic mass is 9.74. The number of likely N-dealkylation sites (tertiary alicyclic amines) is 1. The van der Waals surface area contributed by atoms with Crippen molar-refractivity contribution in [3.8, 4) is 0 Å². The van der Waals surface area contributed by atoms with Crippen LogP contribution in [0.1, 0.15) is 36.3 Å². The number of hydrogen-bond donors (Lipinski definition) is 1. The molecule has 0 spiro atoms. The molecule has 1 aliphatic carbocycles. The van der Waals surface area contributed by atoms with Crippen LogP contribution < -0.4 is 5.73 Å². The van der Waals surface area contributed by atoms with Crippen LogP contribution in [0.2, 0.25) is 0 Å². The molecule has 18 heavy (non-hydrogen) atoms. The Morgan fingerprint density at radius 3 is 3.11 bits per heavy atom. The normalized spacial score (nSPS) is 27.3. The fourth-order valence-electron chi connectivity index (χ4n) is 3.76. The third-order valence-electron chi connectivity index (χ3n) is 4.54. The van der Waals surface area contributed by atoms with Gasteiger partial charge in [0.15, 0.2) is 0 Å². The highest BCUT2D eigenvalue weighted by atomic mass is 15.2. The molecule has 2 N–H and O–H groups in total. The number of rotatable bonds is 2. The first kappa shape index (κ1) is 11.8. The van der Waals surface area contributed by atoms with Crippen molar-refractivity contribution in [2.75, 3.05) is 18.8 Å². The van der Waals surface area contributed by atoms with Crippen molar-refractivity contribution in [2.45, 2.75) is 37.6 Å². The highest BCUT2D eigenvalue weighted by Gasteiger charge is 2.35. The summed E-state index contributed by atoms with van der Waals surface area (Å²) in [4.78, 5) is 2.60. The van der Waals surface area contributed by atoms with E-state index in [9.17, 15) is 0 Å². The summed E-state index contributed by atoms with van der Waals surface area (Å²) in [6, 6.07) is 7.19. The molecule has 2 nitrogen and oxygen atoms in total. The van der Waals surface area contributed by atoms with Crippen molar-refractivity contribution in [1.29, 1.82) is 0 Å². The Balaban J connectivity index is 1.93. The lowest BCUT2D eigenvalue weighted by molar-refractivity contribution is 0.126. The third-order valence-corrected chi connectivity index (χ3v) is 4.54. The van der Waals surface area contributed by atoms with Gasteiger partial charge in [0, 0.05) is 18.3 Å². The molecule has 1 fully saturated rings. The smallest absolute Gasteiger partial charge is 0.0317 e. The van der Waals surface area contributed by atoms with Crippen LogP contribution in [0.4, 0.5) is 5.69 Å². The molecule has 0 bridgehead atoms. The fourth-order valence-corrected chi connectivity index (χ4v) is 3.76. The van der Waals surface area contributed by atoms with Gasteiger partial charge in [-0.3, -0.25) is 4.90 Å². The minimum absolute atomic E-state index is 0.686. The van der Waals surface area contributed by atoms with Gasteiger partial charge in [-0.1, -0.05) is 12.1 Å². The third kappa shape index (κ3) is 1.95. The Bertz CT molecular complexity index is 452. The molecule has 1 aliphatic heterocycles. The van der Waals surface area contributed by atoms with E-state index < -0.39 is 0 Å². The van der Waals surface area contributed by atoms with Crippen molar-refractivity contribution in [3.05, 3.63) is 42.0 Å². The number of fused-ring (bicyclic) bond motifs is 3. The summed E-state index contributed by atoms with van der Waals surface area (Å²) in [6.07, 6.45) is 7.13. The Kier molecular flexibility index (Phi) is 3.13. The van der Waals surface area contributed by atoms with Gasteiger partial charge in [-0.15, -0.1) is 6.58 Å². The van der Waals surface area contributed by atoms with E-state index in [1.165, 1.54) is 43.4 Å². The van der Waals surface area contributed by atoms with Gasteiger partial charge in [0.05, 0.1) is 0 Å². The number of benzene rings is 1. The van der Waals surface area contributed by atoms with Crippen LogP contribution >= 0.6 is 0 Å². The Hall–Kier alpha value is -1.28. The molecule has 0 saturated carbocycles. The fraction of sp³-hybridized carbons (Fsp3) is 0.500. The first-order chi connectivity index (χ1) is 8.79. The topological polar surface area (TPSA) is 29.3 Å². The maximum Gasteiger partial charge on any atom is 0.0317 e. The van der Waals surface area contributed by atoms with Gasteiger partial charge < -0.3 is 5.73 Å². The molecule has 2 atom stereocenters. The highest BCUT2D eigenvalue weighted by Crippen LogP contribution is 2.41. The number of aryl methyl sites for hydroxylation is 1. The van der Waals surface area contributed by atoms with Gasteiger partial charge in [0.25, 0.3) is 0 Å². The number of hydrogen-bond acceptors (Lipinski definition) is 2. The number of nitrogens with zero attached hydrogens (tertiary/aromatic N) is 1. The maximum absolute atomic E-state index is 5.97. The van der Waals surface area contributed by atoms with Gasteiger partial charge in [-0.2, -0.15) is 0 Å². The Morgan fingerprint density at radius 2 is 2.28 bits per heavy atom. The van der Waals surface area contributed by atoms with E-state index in [0.717, 1.165) is 12.2 Å². The molecule has 3 rings (SSSR count). The standard InChI is InChI=1S/C16H22N2/c1-2-9-18-10-3-4-14-15-11-13(17)7-5-12(15)6-8-16(14)18/h2,5,7,11,14,16H,1,3-4,6,8-10,17H2/t14-,16-/m0/s1. The molecule has 1 aromatic rings. The first-order valence-electron chi connectivity index (χ1n) is 7.03. The molecular weight excluding hydrogens is 220 g/mol. The van der Waals surface area contributed by atoms with Crippen LogP contribution in [0, 0.1) is 0 Å². The van der Waals surface area contributed by atoms with Crippen LogP contribution in [-0.4, -0.2) is 24.0 Å². The molecule has 2 aliphatic rings. The van der Waals surface area contributed by atoms with E-state index >= 15 is 0 Å². The van der Waals surface area contributed by atoms with E-state index in [0.29, 0.717) is 12.0 Å². The molecule has 0 amide bonds. The summed E-state index contributed by atoms with van der Waals surface area (Å²) < 4.78 is 0. The highest BCUT2D eigenvalue weighted by molar-refractivity contribution is 5.48. The van der Waals surface area contributed by atoms with Gasteiger partial charge in [-0.25, -0.2) is 0 Å². The van der Waals surface area contributed by atoms with Crippen LogP contribution in [0.5, 0.6) is 0 Å². The number of nitrogens with two attached hydrogens (primary N) is 1. The molecule has 96 valence electrons. The Morgan fingerprint density at radius 1 is 1.39 bits per heavy atom. The predicted octanol–water partition coefficient (Wildman–Crippen LogP) is 2.95. The number of anilines is 1. The second-order valence-corrected chi connectivity index (χ2v) is 5.60. The van der Waals surface area contributed by atoms with Crippen molar-refractivity contribution >= 4 is 5.69 Å². The zero-order valence-electron chi connectivity index (χ0n) is 10.9. The van der Waals surface area contributed by atoms with Crippen molar-refractivity contribution in [3.63, 3.8) is 0 Å². The predicted molar refractivity (Wildman–Crippen MR) is 76.7 cm³/mol. The molecule has 1 heterocycles. The lowest BCUT2D eigenvalue weighted by Gasteiger charge is -2.44.